The predicted molar refractivity (Wildman–Crippen MR) is 108 cm³/mol. The number of halogens is 1. The number of hydrogen-bond acceptors (Lipinski definition) is 5. The third kappa shape index (κ3) is 4.45. The lowest BCUT2D eigenvalue weighted by atomic mass is 10.1. The Hall–Kier alpha value is -2.05. The zero-order valence-electron chi connectivity index (χ0n) is 15.5. The van der Waals surface area contributed by atoms with E-state index in [2.05, 4.69) is 11.9 Å². The molecular formula is C20H21ClN2O3S. The molecule has 142 valence electrons. The van der Waals surface area contributed by atoms with E-state index in [1.165, 1.54) is 0 Å². The second-order valence-corrected chi connectivity index (χ2v) is 8.39. The third-order valence-electron chi connectivity index (χ3n) is 4.38. The van der Waals surface area contributed by atoms with Gasteiger partial charge in [-0.2, -0.15) is 0 Å². The highest BCUT2D eigenvalue weighted by Crippen LogP contribution is 2.37. The summed E-state index contributed by atoms with van der Waals surface area (Å²) in [4.78, 5) is 32.0. The highest BCUT2D eigenvalue weighted by molar-refractivity contribution is 8.00. The van der Waals surface area contributed by atoms with Gasteiger partial charge in [-0.25, -0.2) is 9.78 Å². The molecule has 0 fully saturated rings. The van der Waals surface area contributed by atoms with Crippen LogP contribution in [-0.4, -0.2) is 35.3 Å². The van der Waals surface area contributed by atoms with E-state index in [0.717, 1.165) is 22.7 Å². The Kier molecular flexibility index (Phi) is 6.07. The van der Waals surface area contributed by atoms with Gasteiger partial charge in [-0.1, -0.05) is 30.7 Å². The number of esters is 1. The van der Waals surface area contributed by atoms with Crippen molar-refractivity contribution in [2.75, 3.05) is 18.1 Å². The number of aryl methyl sites for hydroxylation is 2. The summed E-state index contributed by atoms with van der Waals surface area (Å²) in [6.07, 6.45) is 0.867. The molecule has 0 spiro atoms. The van der Waals surface area contributed by atoms with Crippen molar-refractivity contribution in [3.63, 3.8) is 0 Å². The summed E-state index contributed by atoms with van der Waals surface area (Å²) in [5, 5.41) is 0.502. The normalized spacial score (nSPS) is 16.4. The van der Waals surface area contributed by atoms with Crippen molar-refractivity contribution in [3.8, 4) is 0 Å². The fraction of sp³-hybridized carbons (Fsp3) is 0.350. The van der Waals surface area contributed by atoms with Crippen LogP contribution in [0.4, 0.5) is 5.69 Å². The van der Waals surface area contributed by atoms with Gasteiger partial charge >= 0.3 is 5.97 Å². The molecule has 5 nitrogen and oxygen atoms in total. The van der Waals surface area contributed by atoms with Crippen molar-refractivity contribution in [2.45, 2.75) is 37.3 Å². The number of pyridine rings is 1. The van der Waals surface area contributed by atoms with Crippen molar-refractivity contribution >= 4 is 40.9 Å². The minimum Gasteiger partial charge on any atom is -0.452 e. The van der Waals surface area contributed by atoms with E-state index in [9.17, 15) is 9.59 Å². The lowest BCUT2D eigenvalue weighted by Crippen LogP contribution is -2.36. The largest absolute Gasteiger partial charge is 0.452 e. The Bertz CT molecular complexity index is 864. The number of carbonyl (C=O) groups is 2. The van der Waals surface area contributed by atoms with Crippen LogP contribution in [0.1, 0.15) is 35.0 Å². The topological polar surface area (TPSA) is 59.5 Å². The molecule has 0 N–H and O–H groups in total. The van der Waals surface area contributed by atoms with E-state index in [1.807, 2.05) is 24.3 Å². The third-order valence-corrected chi connectivity index (χ3v) is 5.89. The van der Waals surface area contributed by atoms with Gasteiger partial charge in [0.25, 0.3) is 5.91 Å². The molecule has 0 unspecified atom stereocenters. The number of amides is 1. The van der Waals surface area contributed by atoms with Gasteiger partial charge < -0.3 is 9.64 Å². The van der Waals surface area contributed by atoms with Crippen molar-refractivity contribution in [3.05, 3.63) is 52.3 Å². The second kappa shape index (κ2) is 8.31. The van der Waals surface area contributed by atoms with Gasteiger partial charge in [-0.05, 0) is 44.0 Å². The van der Waals surface area contributed by atoms with Crippen LogP contribution in [0.25, 0.3) is 0 Å². The van der Waals surface area contributed by atoms with E-state index in [4.69, 9.17) is 16.3 Å². The van der Waals surface area contributed by atoms with Crippen LogP contribution >= 0.6 is 23.4 Å². The van der Waals surface area contributed by atoms with E-state index >= 15 is 0 Å². The minimum absolute atomic E-state index is 0.0929. The number of rotatable bonds is 3. The molecule has 1 atom stereocenters. The van der Waals surface area contributed by atoms with Crippen molar-refractivity contribution in [1.82, 2.24) is 4.98 Å². The van der Waals surface area contributed by atoms with Crippen LogP contribution in [0, 0.1) is 13.8 Å². The van der Waals surface area contributed by atoms with Crippen LogP contribution in [-0.2, 0) is 9.53 Å². The molecule has 1 amide bonds. The lowest BCUT2D eigenvalue weighted by molar-refractivity contribution is -0.121. The summed E-state index contributed by atoms with van der Waals surface area (Å²) >= 11 is 7.84. The molecule has 1 aromatic heterocycles. The van der Waals surface area contributed by atoms with Gasteiger partial charge in [0, 0.05) is 22.4 Å². The fourth-order valence-corrected chi connectivity index (χ4v) is 4.53. The molecule has 27 heavy (non-hydrogen) atoms. The molecule has 0 radical (unpaired) electrons. The smallest absolute Gasteiger partial charge is 0.342 e. The first-order valence-corrected chi connectivity index (χ1v) is 9.99. The molecule has 3 rings (SSSR count). The van der Waals surface area contributed by atoms with Crippen LogP contribution in [0.3, 0.4) is 0 Å². The van der Waals surface area contributed by atoms with Crippen LogP contribution in [0.15, 0.2) is 35.2 Å². The van der Waals surface area contributed by atoms with E-state index in [-0.39, 0.29) is 23.2 Å². The number of ether oxygens (including phenoxy) is 1. The number of anilines is 1. The molecular weight excluding hydrogens is 384 g/mol. The molecule has 1 aromatic carbocycles. The fourth-order valence-electron chi connectivity index (χ4n) is 3.06. The second-order valence-electron chi connectivity index (χ2n) is 6.55. The quantitative estimate of drug-likeness (QED) is 0.559. The standard InChI is InChI=1S/C20H21ClN2O3S/c1-12-10-13(2)22-19(21)18(12)20(25)26-11-17(24)23-9-8-14(3)27-16-7-5-4-6-15(16)23/h4-7,10,14H,8-9,11H2,1-3H3/t14-/m0/s1. The maximum atomic E-state index is 12.8. The number of carbonyl (C=O) groups excluding carboxylic acids is 2. The number of benzene rings is 1. The number of thioether (sulfide) groups is 1. The molecule has 0 bridgehead atoms. The summed E-state index contributed by atoms with van der Waals surface area (Å²) in [6, 6.07) is 9.55. The first kappa shape index (κ1) is 19.7. The van der Waals surface area contributed by atoms with Gasteiger partial charge in [-0.15, -0.1) is 11.8 Å². The molecule has 0 aliphatic carbocycles. The molecule has 1 aliphatic heterocycles. The molecule has 1 aliphatic rings. The van der Waals surface area contributed by atoms with Crippen LogP contribution < -0.4 is 4.90 Å². The Labute approximate surface area is 168 Å². The van der Waals surface area contributed by atoms with Gasteiger partial charge in [0.2, 0.25) is 0 Å². The van der Waals surface area contributed by atoms with Crippen molar-refractivity contribution < 1.29 is 14.3 Å². The lowest BCUT2D eigenvalue weighted by Gasteiger charge is -2.22. The Morgan fingerprint density at radius 3 is 2.81 bits per heavy atom. The van der Waals surface area contributed by atoms with Crippen LogP contribution in [0.5, 0.6) is 0 Å². The summed E-state index contributed by atoms with van der Waals surface area (Å²) in [5.74, 6) is -0.886. The molecule has 7 heteroatoms. The summed E-state index contributed by atoms with van der Waals surface area (Å²) < 4.78 is 5.27. The number of hydrogen-bond donors (Lipinski definition) is 0. The first-order valence-electron chi connectivity index (χ1n) is 8.73. The van der Waals surface area contributed by atoms with Gasteiger partial charge in [0.05, 0.1) is 11.3 Å². The summed E-state index contributed by atoms with van der Waals surface area (Å²) in [7, 11) is 0. The molecule has 0 saturated carbocycles. The van der Waals surface area contributed by atoms with Gasteiger partial charge in [0.15, 0.2) is 6.61 Å². The Morgan fingerprint density at radius 2 is 2.07 bits per heavy atom. The van der Waals surface area contributed by atoms with Gasteiger partial charge in [-0.3, -0.25) is 4.79 Å². The number of nitrogens with zero attached hydrogens (tertiary/aromatic N) is 2. The molecule has 0 saturated heterocycles. The van der Waals surface area contributed by atoms with Crippen LogP contribution in [0.2, 0.25) is 5.15 Å². The van der Waals surface area contributed by atoms with Crippen molar-refractivity contribution in [1.29, 1.82) is 0 Å². The van der Waals surface area contributed by atoms with E-state index < -0.39 is 5.97 Å². The summed E-state index contributed by atoms with van der Waals surface area (Å²) in [5.41, 5.74) is 2.46. The number of para-hydroxylation sites is 1. The Balaban J connectivity index is 1.74. The van der Waals surface area contributed by atoms with E-state index in [0.29, 0.717) is 17.4 Å². The minimum atomic E-state index is -0.635. The average Bonchev–Trinajstić information content (AvgIpc) is 2.77. The highest BCUT2D eigenvalue weighted by atomic mass is 35.5. The summed E-state index contributed by atoms with van der Waals surface area (Å²) in [6.45, 7) is 5.96. The first-order chi connectivity index (χ1) is 12.9. The predicted octanol–water partition coefficient (Wildman–Crippen LogP) is 4.43. The maximum absolute atomic E-state index is 12.8. The molecule has 2 aromatic rings. The monoisotopic (exact) mass is 404 g/mol. The number of fused-ring (bicyclic) bond motifs is 1. The maximum Gasteiger partial charge on any atom is 0.342 e. The zero-order chi connectivity index (χ0) is 19.6. The Morgan fingerprint density at radius 1 is 1.33 bits per heavy atom. The average molecular weight is 405 g/mol. The highest BCUT2D eigenvalue weighted by Gasteiger charge is 2.25. The van der Waals surface area contributed by atoms with Gasteiger partial charge in [0.1, 0.15) is 5.15 Å². The SMILES string of the molecule is Cc1cc(C)c(C(=O)OCC(=O)N2CC[C@H](C)Sc3ccccc32)c(Cl)n1. The molecule has 2 heterocycles. The number of aromatic nitrogens is 1. The van der Waals surface area contributed by atoms with Crippen molar-refractivity contribution in [2.24, 2.45) is 0 Å². The van der Waals surface area contributed by atoms with E-state index in [1.54, 1.807) is 36.6 Å². The zero-order valence-corrected chi connectivity index (χ0v) is 17.1.